The highest BCUT2D eigenvalue weighted by molar-refractivity contribution is 9.10. The molecule has 1 N–H and O–H groups in total. The Bertz CT molecular complexity index is 733. The number of benzene rings is 1. The van der Waals surface area contributed by atoms with E-state index in [2.05, 4.69) is 25.6 Å². The first-order valence-corrected chi connectivity index (χ1v) is 8.93. The molecule has 2 aromatic rings. The monoisotopic (exact) mass is 371 g/mol. The fourth-order valence-corrected chi connectivity index (χ4v) is 3.74. The Morgan fingerprint density at radius 1 is 1.29 bits per heavy atom. The molecule has 1 aromatic heterocycles. The summed E-state index contributed by atoms with van der Waals surface area (Å²) in [5.41, 5.74) is 1.49. The first kappa shape index (κ1) is 16.0. The average molecular weight is 372 g/mol. The lowest BCUT2D eigenvalue weighted by molar-refractivity contribution is 0.597. The normalized spacial score (nSPS) is 11.6. The third-order valence-electron chi connectivity index (χ3n) is 2.99. The first-order chi connectivity index (χ1) is 9.81. The van der Waals surface area contributed by atoms with Crippen LogP contribution in [0.2, 0.25) is 0 Å². The second-order valence-electron chi connectivity index (χ2n) is 4.94. The minimum atomic E-state index is -3.67. The number of anilines is 1. The number of hydrogen-bond acceptors (Lipinski definition) is 3. The van der Waals surface area contributed by atoms with Crippen molar-refractivity contribution in [2.24, 2.45) is 0 Å². The van der Waals surface area contributed by atoms with Gasteiger partial charge in [0.25, 0.3) is 10.0 Å². The molecule has 5 nitrogen and oxygen atoms in total. The zero-order chi connectivity index (χ0) is 15.6. The quantitative estimate of drug-likeness (QED) is 0.874. The molecule has 0 aliphatic rings. The van der Waals surface area contributed by atoms with Crippen LogP contribution in [0.1, 0.15) is 24.7 Å². The first-order valence-electron chi connectivity index (χ1n) is 6.65. The number of hydrogen-bond donors (Lipinski definition) is 1. The molecule has 0 unspecified atom stereocenters. The van der Waals surface area contributed by atoms with Crippen LogP contribution in [0.3, 0.4) is 0 Å². The molecule has 0 aliphatic carbocycles. The largest absolute Gasteiger partial charge is 0.334 e. The number of aryl methyl sites for hydroxylation is 3. The van der Waals surface area contributed by atoms with Gasteiger partial charge in [-0.3, -0.25) is 4.72 Å². The zero-order valence-electron chi connectivity index (χ0n) is 12.2. The molecular formula is C14H18BrN3O2S. The summed E-state index contributed by atoms with van der Waals surface area (Å²) >= 11 is 3.36. The van der Waals surface area contributed by atoms with Gasteiger partial charge in [-0.25, -0.2) is 4.98 Å². The molecule has 0 spiro atoms. The van der Waals surface area contributed by atoms with E-state index < -0.39 is 10.0 Å². The number of halogens is 1. The van der Waals surface area contributed by atoms with Gasteiger partial charge < -0.3 is 4.57 Å². The molecule has 0 saturated carbocycles. The number of imidazole rings is 1. The highest BCUT2D eigenvalue weighted by atomic mass is 79.9. The molecular weight excluding hydrogens is 354 g/mol. The number of nitrogens with zero attached hydrogens (tertiary/aromatic N) is 2. The van der Waals surface area contributed by atoms with E-state index in [9.17, 15) is 8.42 Å². The van der Waals surface area contributed by atoms with Crippen LogP contribution < -0.4 is 4.72 Å². The number of sulfonamides is 1. The minimum Gasteiger partial charge on any atom is -0.334 e. The molecule has 0 bridgehead atoms. The summed E-state index contributed by atoms with van der Waals surface area (Å²) in [7, 11) is -3.67. The topological polar surface area (TPSA) is 64.0 Å². The second-order valence-corrected chi connectivity index (χ2v) is 7.49. The van der Waals surface area contributed by atoms with Crippen molar-refractivity contribution in [3.63, 3.8) is 0 Å². The summed E-state index contributed by atoms with van der Waals surface area (Å²) in [6, 6.07) is 5.41. The van der Waals surface area contributed by atoms with Gasteiger partial charge in [0.15, 0.2) is 5.03 Å². The average Bonchev–Trinajstić information content (AvgIpc) is 2.70. The molecule has 21 heavy (non-hydrogen) atoms. The van der Waals surface area contributed by atoms with Crippen LogP contribution in [-0.2, 0) is 16.6 Å². The number of nitrogens with one attached hydrogen (secondary N) is 1. The summed E-state index contributed by atoms with van der Waals surface area (Å²) in [4.78, 5) is 4.14. The smallest absolute Gasteiger partial charge is 0.280 e. The van der Waals surface area contributed by atoms with E-state index in [1.165, 1.54) is 0 Å². The van der Waals surface area contributed by atoms with Crippen LogP contribution >= 0.6 is 15.9 Å². The fourth-order valence-electron chi connectivity index (χ4n) is 2.08. The summed E-state index contributed by atoms with van der Waals surface area (Å²) in [5, 5.41) is 0.0473. The predicted molar refractivity (Wildman–Crippen MR) is 86.9 cm³/mol. The third kappa shape index (κ3) is 3.85. The maximum Gasteiger partial charge on any atom is 0.280 e. The van der Waals surface area contributed by atoms with Gasteiger partial charge in [0.1, 0.15) is 5.82 Å². The van der Waals surface area contributed by atoms with Gasteiger partial charge in [0.05, 0.1) is 5.69 Å². The Morgan fingerprint density at radius 3 is 2.62 bits per heavy atom. The Hall–Kier alpha value is -1.34. The van der Waals surface area contributed by atoms with Gasteiger partial charge in [-0.2, -0.15) is 8.42 Å². The van der Waals surface area contributed by atoms with E-state index in [4.69, 9.17) is 0 Å². The van der Waals surface area contributed by atoms with Crippen LogP contribution in [0.4, 0.5) is 5.69 Å². The van der Waals surface area contributed by atoms with E-state index in [0.29, 0.717) is 11.5 Å². The molecule has 0 atom stereocenters. The standard InChI is InChI=1S/C14H18BrN3O2S/c1-4-5-18-9-14(16-11(18)3)21(19,20)17-13-7-10(2)6-12(15)8-13/h6-9,17H,4-5H2,1-3H3. The lowest BCUT2D eigenvalue weighted by Crippen LogP contribution is -2.13. The molecule has 0 aliphatic heterocycles. The van der Waals surface area contributed by atoms with Gasteiger partial charge in [0, 0.05) is 17.2 Å². The van der Waals surface area contributed by atoms with Gasteiger partial charge >= 0.3 is 0 Å². The SMILES string of the molecule is CCCn1cc(S(=O)(=O)Nc2cc(C)cc(Br)c2)nc1C. The molecule has 0 amide bonds. The molecule has 0 radical (unpaired) electrons. The Morgan fingerprint density at radius 2 is 2.00 bits per heavy atom. The van der Waals surface area contributed by atoms with Gasteiger partial charge in [-0.1, -0.05) is 22.9 Å². The van der Waals surface area contributed by atoms with Crippen molar-refractivity contribution in [2.45, 2.75) is 38.8 Å². The predicted octanol–water partition coefficient (Wildman–Crippen LogP) is 3.47. The van der Waals surface area contributed by atoms with Crippen LogP contribution in [-0.4, -0.2) is 18.0 Å². The molecule has 7 heteroatoms. The van der Waals surface area contributed by atoms with Crippen molar-refractivity contribution < 1.29 is 8.42 Å². The van der Waals surface area contributed by atoms with Crippen LogP contribution in [0, 0.1) is 13.8 Å². The molecule has 1 aromatic carbocycles. The molecule has 0 fully saturated rings. The molecule has 1 heterocycles. The van der Waals surface area contributed by atoms with E-state index in [1.54, 1.807) is 25.3 Å². The molecule has 2 rings (SSSR count). The number of aromatic nitrogens is 2. The van der Waals surface area contributed by atoms with E-state index in [0.717, 1.165) is 23.0 Å². The third-order valence-corrected chi connectivity index (χ3v) is 4.70. The Kier molecular flexibility index (Phi) is 4.73. The lowest BCUT2D eigenvalue weighted by atomic mass is 10.2. The Labute approximate surface area is 133 Å². The molecule has 0 saturated heterocycles. The molecule has 114 valence electrons. The van der Waals surface area contributed by atoms with Crippen LogP contribution in [0.25, 0.3) is 0 Å². The second kappa shape index (κ2) is 6.19. The summed E-state index contributed by atoms with van der Waals surface area (Å²) in [6.45, 7) is 6.50. The highest BCUT2D eigenvalue weighted by Gasteiger charge is 2.19. The fraction of sp³-hybridized carbons (Fsp3) is 0.357. The van der Waals surface area contributed by atoms with Crippen molar-refractivity contribution in [1.29, 1.82) is 0 Å². The maximum atomic E-state index is 12.4. The van der Waals surface area contributed by atoms with Crippen molar-refractivity contribution in [2.75, 3.05) is 4.72 Å². The summed E-state index contributed by atoms with van der Waals surface area (Å²) < 4.78 is 30.0. The van der Waals surface area contributed by atoms with E-state index in [1.807, 2.05) is 24.5 Å². The van der Waals surface area contributed by atoms with Crippen LogP contribution in [0.5, 0.6) is 0 Å². The van der Waals surface area contributed by atoms with E-state index in [-0.39, 0.29) is 5.03 Å². The van der Waals surface area contributed by atoms with Crippen molar-refractivity contribution >= 4 is 31.6 Å². The number of rotatable bonds is 5. The maximum absolute atomic E-state index is 12.4. The highest BCUT2D eigenvalue weighted by Crippen LogP contribution is 2.22. The van der Waals surface area contributed by atoms with Crippen LogP contribution in [0.15, 0.2) is 33.9 Å². The summed E-state index contributed by atoms with van der Waals surface area (Å²) in [5.74, 6) is 0.697. The van der Waals surface area contributed by atoms with Gasteiger partial charge in [-0.15, -0.1) is 0 Å². The van der Waals surface area contributed by atoms with Gasteiger partial charge in [-0.05, 0) is 44.0 Å². The van der Waals surface area contributed by atoms with Crippen molar-refractivity contribution in [3.8, 4) is 0 Å². The Balaban J connectivity index is 2.31. The van der Waals surface area contributed by atoms with Crippen molar-refractivity contribution in [3.05, 3.63) is 40.3 Å². The summed E-state index contributed by atoms with van der Waals surface area (Å²) in [6.07, 6.45) is 2.50. The van der Waals surface area contributed by atoms with Crippen molar-refractivity contribution in [1.82, 2.24) is 9.55 Å². The van der Waals surface area contributed by atoms with Gasteiger partial charge in [0.2, 0.25) is 0 Å². The van der Waals surface area contributed by atoms with E-state index >= 15 is 0 Å². The lowest BCUT2D eigenvalue weighted by Gasteiger charge is -2.07. The zero-order valence-corrected chi connectivity index (χ0v) is 14.6. The minimum absolute atomic E-state index is 0.0473.